The maximum Gasteiger partial charge on any atom is 0.124 e. The third-order valence-corrected chi connectivity index (χ3v) is 2.84. The first-order valence-electron chi connectivity index (χ1n) is 5.34. The van der Waals surface area contributed by atoms with Crippen molar-refractivity contribution < 1.29 is 4.39 Å². The maximum absolute atomic E-state index is 13.2. The van der Waals surface area contributed by atoms with Crippen molar-refractivity contribution in [1.82, 2.24) is 9.78 Å². The van der Waals surface area contributed by atoms with Crippen molar-refractivity contribution in [2.24, 2.45) is 5.73 Å². The summed E-state index contributed by atoms with van der Waals surface area (Å²) in [5.41, 5.74) is 7.44. The lowest BCUT2D eigenvalue weighted by molar-refractivity contribution is 0.618. The molecule has 2 N–H and O–H groups in total. The summed E-state index contributed by atoms with van der Waals surface area (Å²) >= 11 is 3.27. The lowest BCUT2D eigenvalue weighted by atomic mass is 10.2. The van der Waals surface area contributed by atoms with Crippen molar-refractivity contribution in [2.45, 2.75) is 13.0 Å². The molecule has 0 fully saturated rings. The van der Waals surface area contributed by atoms with E-state index in [4.69, 9.17) is 5.73 Å². The Balaban J connectivity index is 2.13. The molecule has 0 saturated carbocycles. The van der Waals surface area contributed by atoms with Gasteiger partial charge in [-0.15, -0.1) is 0 Å². The minimum Gasteiger partial charge on any atom is -0.330 e. The number of rotatable bonds is 4. The standard InChI is InChI=1S/C12H13BrFN3/c13-11-3-10(4-12(14)5-11)8-17-7-9(1-2-15)6-16-17/h3-7H,1-2,8,15H2. The summed E-state index contributed by atoms with van der Waals surface area (Å²) < 4.78 is 15.7. The minimum atomic E-state index is -0.247. The Bertz CT molecular complexity index is 490. The largest absolute Gasteiger partial charge is 0.330 e. The van der Waals surface area contributed by atoms with E-state index in [-0.39, 0.29) is 5.82 Å². The third-order valence-electron chi connectivity index (χ3n) is 2.39. The molecule has 0 aliphatic carbocycles. The number of aromatic nitrogens is 2. The highest BCUT2D eigenvalue weighted by Gasteiger charge is 2.02. The van der Waals surface area contributed by atoms with E-state index in [1.165, 1.54) is 12.1 Å². The molecule has 0 aliphatic rings. The SMILES string of the molecule is NCCc1cnn(Cc2cc(F)cc(Br)c2)c1. The summed E-state index contributed by atoms with van der Waals surface area (Å²) in [5, 5.41) is 4.21. The summed E-state index contributed by atoms with van der Waals surface area (Å²) in [6, 6.07) is 4.83. The number of benzene rings is 1. The molecule has 2 aromatic rings. The van der Waals surface area contributed by atoms with Crippen molar-refractivity contribution in [2.75, 3.05) is 6.54 Å². The molecule has 5 heteroatoms. The first-order chi connectivity index (χ1) is 8.17. The Hall–Kier alpha value is -1.20. The summed E-state index contributed by atoms with van der Waals surface area (Å²) in [4.78, 5) is 0. The van der Waals surface area contributed by atoms with Gasteiger partial charge in [0, 0.05) is 10.7 Å². The topological polar surface area (TPSA) is 43.8 Å². The van der Waals surface area contributed by atoms with E-state index in [1.54, 1.807) is 10.9 Å². The smallest absolute Gasteiger partial charge is 0.124 e. The van der Waals surface area contributed by atoms with Gasteiger partial charge in [0.2, 0.25) is 0 Å². The van der Waals surface area contributed by atoms with E-state index >= 15 is 0 Å². The van der Waals surface area contributed by atoms with Crippen LogP contribution in [0.25, 0.3) is 0 Å². The quantitative estimate of drug-likeness (QED) is 0.941. The first-order valence-corrected chi connectivity index (χ1v) is 6.13. The van der Waals surface area contributed by atoms with Crippen LogP contribution in [0.1, 0.15) is 11.1 Å². The Morgan fingerprint density at radius 3 is 2.82 bits per heavy atom. The van der Waals surface area contributed by atoms with Crippen LogP contribution in [0.3, 0.4) is 0 Å². The van der Waals surface area contributed by atoms with E-state index in [0.29, 0.717) is 13.1 Å². The second-order valence-corrected chi connectivity index (χ2v) is 4.78. The molecule has 17 heavy (non-hydrogen) atoms. The van der Waals surface area contributed by atoms with Gasteiger partial charge in [0.05, 0.1) is 12.7 Å². The fraction of sp³-hybridized carbons (Fsp3) is 0.250. The van der Waals surface area contributed by atoms with E-state index < -0.39 is 0 Å². The van der Waals surface area contributed by atoms with Crippen molar-refractivity contribution in [1.29, 1.82) is 0 Å². The molecule has 1 heterocycles. The highest BCUT2D eigenvalue weighted by atomic mass is 79.9. The summed E-state index contributed by atoms with van der Waals surface area (Å²) in [6.45, 7) is 1.16. The summed E-state index contributed by atoms with van der Waals surface area (Å²) in [7, 11) is 0. The van der Waals surface area contributed by atoms with Gasteiger partial charge >= 0.3 is 0 Å². The van der Waals surface area contributed by atoms with Gasteiger partial charge in [-0.3, -0.25) is 4.68 Å². The first kappa shape index (κ1) is 12.3. The summed E-state index contributed by atoms with van der Waals surface area (Å²) in [6.07, 6.45) is 4.54. The molecule has 0 bridgehead atoms. The van der Waals surface area contributed by atoms with E-state index in [0.717, 1.165) is 22.0 Å². The molecule has 0 unspecified atom stereocenters. The van der Waals surface area contributed by atoms with Crippen LogP contribution in [0.15, 0.2) is 35.1 Å². The van der Waals surface area contributed by atoms with Crippen molar-refractivity contribution in [3.05, 3.63) is 52.0 Å². The molecule has 0 radical (unpaired) electrons. The highest BCUT2D eigenvalue weighted by Crippen LogP contribution is 2.15. The van der Waals surface area contributed by atoms with Crippen LogP contribution in [-0.4, -0.2) is 16.3 Å². The van der Waals surface area contributed by atoms with Crippen molar-refractivity contribution >= 4 is 15.9 Å². The predicted molar refractivity (Wildman–Crippen MR) is 68.2 cm³/mol. The number of nitrogens with zero attached hydrogens (tertiary/aromatic N) is 2. The van der Waals surface area contributed by atoms with Crippen LogP contribution in [0, 0.1) is 5.82 Å². The number of hydrogen-bond donors (Lipinski definition) is 1. The zero-order valence-corrected chi connectivity index (χ0v) is 10.8. The second kappa shape index (κ2) is 5.42. The Morgan fingerprint density at radius 1 is 1.29 bits per heavy atom. The second-order valence-electron chi connectivity index (χ2n) is 3.86. The Labute approximate surface area is 108 Å². The van der Waals surface area contributed by atoms with Gasteiger partial charge in [0.25, 0.3) is 0 Å². The molecule has 0 aliphatic heterocycles. The predicted octanol–water partition coefficient (Wildman–Crippen LogP) is 2.33. The molecule has 2 rings (SSSR count). The number of hydrogen-bond acceptors (Lipinski definition) is 2. The van der Waals surface area contributed by atoms with Gasteiger partial charge in [-0.05, 0) is 42.3 Å². The van der Waals surface area contributed by atoms with Crippen LogP contribution in [0.2, 0.25) is 0 Å². The van der Waals surface area contributed by atoms with Gasteiger partial charge < -0.3 is 5.73 Å². The van der Waals surface area contributed by atoms with Crippen LogP contribution in [0.4, 0.5) is 4.39 Å². The normalized spacial score (nSPS) is 10.8. The summed E-state index contributed by atoms with van der Waals surface area (Å²) in [5.74, 6) is -0.247. The fourth-order valence-corrected chi connectivity index (χ4v) is 2.19. The monoisotopic (exact) mass is 297 g/mol. The Kier molecular flexibility index (Phi) is 3.91. The maximum atomic E-state index is 13.2. The van der Waals surface area contributed by atoms with Gasteiger partial charge in [-0.25, -0.2) is 4.39 Å². The lowest BCUT2D eigenvalue weighted by Gasteiger charge is -2.03. The van der Waals surface area contributed by atoms with Crippen molar-refractivity contribution in [3.8, 4) is 0 Å². The highest BCUT2D eigenvalue weighted by molar-refractivity contribution is 9.10. The number of nitrogens with two attached hydrogens (primary N) is 1. The molecule has 1 aromatic carbocycles. The van der Waals surface area contributed by atoms with Crippen molar-refractivity contribution in [3.63, 3.8) is 0 Å². The van der Waals surface area contributed by atoms with Gasteiger partial charge in [0.1, 0.15) is 5.82 Å². The zero-order valence-electron chi connectivity index (χ0n) is 9.24. The van der Waals surface area contributed by atoms with Crippen LogP contribution >= 0.6 is 15.9 Å². The van der Waals surface area contributed by atoms with Crippen LogP contribution in [0.5, 0.6) is 0 Å². The zero-order chi connectivity index (χ0) is 12.3. The van der Waals surface area contributed by atoms with Gasteiger partial charge in [0.15, 0.2) is 0 Å². The average molecular weight is 298 g/mol. The molecule has 1 aromatic heterocycles. The van der Waals surface area contributed by atoms with E-state index in [1.807, 2.05) is 12.3 Å². The minimum absolute atomic E-state index is 0.247. The van der Waals surface area contributed by atoms with Gasteiger partial charge in [-0.1, -0.05) is 15.9 Å². The van der Waals surface area contributed by atoms with Gasteiger partial charge in [-0.2, -0.15) is 5.10 Å². The fourth-order valence-electron chi connectivity index (χ4n) is 1.68. The molecule has 3 nitrogen and oxygen atoms in total. The molecule has 90 valence electrons. The van der Waals surface area contributed by atoms with E-state index in [2.05, 4.69) is 21.0 Å². The molecule has 0 atom stereocenters. The Morgan fingerprint density at radius 2 is 2.12 bits per heavy atom. The third kappa shape index (κ3) is 3.38. The molecular formula is C12H13BrFN3. The van der Waals surface area contributed by atoms with Crippen LogP contribution in [-0.2, 0) is 13.0 Å². The van der Waals surface area contributed by atoms with Crippen LogP contribution < -0.4 is 5.73 Å². The molecule has 0 saturated heterocycles. The molecule has 0 amide bonds. The molecule has 0 spiro atoms. The van der Waals surface area contributed by atoms with E-state index in [9.17, 15) is 4.39 Å². The number of halogens is 2. The average Bonchev–Trinajstić information content (AvgIpc) is 2.64. The molecular weight excluding hydrogens is 285 g/mol. The lowest BCUT2D eigenvalue weighted by Crippen LogP contribution is -2.02.